The highest BCUT2D eigenvalue weighted by molar-refractivity contribution is 7.89. The van der Waals surface area contributed by atoms with Crippen LogP contribution < -0.4 is 5.73 Å². The number of hydrogen-bond acceptors (Lipinski definition) is 3. The van der Waals surface area contributed by atoms with Crippen LogP contribution in [0.1, 0.15) is 18.4 Å². The van der Waals surface area contributed by atoms with Gasteiger partial charge in [-0.25, -0.2) is 17.2 Å². The number of nitrogens with zero attached hydrogens (tertiary/aromatic N) is 1. The first-order valence-electron chi connectivity index (χ1n) is 6.52. The number of piperidine rings is 1. The summed E-state index contributed by atoms with van der Waals surface area (Å²) in [5, 5.41) is 0. The fourth-order valence-corrected chi connectivity index (χ4v) is 3.95. The van der Waals surface area contributed by atoms with Crippen molar-refractivity contribution in [2.75, 3.05) is 19.6 Å². The molecule has 21 heavy (non-hydrogen) atoms. The van der Waals surface area contributed by atoms with E-state index in [0.29, 0.717) is 44.5 Å². The normalized spacial score (nSPS) is 17.5. The Kier molecular flexibility index (Phi) is 6.10. The average Bonchev–Trinajstić information content (AvgIpc) is 2.42. The van der Waals surface area contributed by atoms with Gasteiger partial charge in [-0.05, 0) is 43.9 Å². The summed E-state index contributed by atoms with van der Waals surface area (Å²) in [4.78, 5) is -0.456. The van der Waals surface area contributed by atoms with Crippen LogP contribution in [0.4, 0.5) is 8.78 Å². The molecule has 8 heteroatoms. The van der Waals surface area contributed by atoms with Gasteiger partial charge in [0.15, 0.2) is 0 Å². The Hall–Kier alpha value is -0.760. The van der Waals surface area contributed by atoms with Crippen LogP contribution in [-0.4, -0.2) is 32.4 Å². The van der Waals surface area contributed by atoms with Gasteiger partial charge in [-0.15, -0.1) is 12.4 Å². The van der Waals surface area contributed by atoms with Gasteiger partial charge in [-0.3, -0.25) is 0 Å². The molecule has 1 heterocycles. The van der Waals surface area contributed by atoms with Crippen LogP contribution in [0, 0.1) is 24.5 Å². The third kappa shape index (κ3) is 3.71. The van der Waals surface area contributed by atoms with Gasteiger partial charge in [0.05, 0.1) is 0 Å². The minimum Gasteiger partial charge on any atom is -0.330 e. The molecule has 2 rings (SSSR count). The second-order valence-electron chi connectivity index (χ2n) is 5.11. The van der Waals surface area contributed by atoms with Gasteiger partial charge in [0.25, 0.3) is 0 Å². The van der Waals surface area contributed by atoms with Crippen molar-refractivity contribution in [2.45, 2.75) is 24.7 Å². The summed E-state index contributed by atoms with van der Waals surface area (Å²) < 4.78 is 53.0. The number of benzene rings is 1. The van der Waals surface area contributed by atoms with E-state index in [9.17, 15) is 17.2 Å². The van der Waals surface area contributed by atoms with E-state index in [2.05, 4.69) is 0 Å². The molecule has 1 fully saturated rings. The molecule has 0 saturated carbocycles. The molecular formula is C13H19ClF2N2O2S. The van der Waals surface area contributed by atoms with E-state index >= 15 is 0 Å². The summed E-state index contributed by atoms with van der Waals surface area (Å²) in [5.74, 6) is -1.49. The molecule has 0 atom stereocenters. The summed E-state index contributed by atoms with van der Waals surface area (Å²) in [6.45, 7) is 2.58. The van der Waals surface area contributed by atoms with E-state index in [1.165, 1.54) is 11.2 Å². The van der Waals surface area contributed by atoms with Crippen LogP contribution in [0.2, 0.25) is 0 Å². The van der Waals surface area contributed by atoms with Gasteiger partial charge in [0.2, 0.25) is 10.0 Å². The summed E-state index contributed by atoms with van der Waals surface area (Å²) in [7, 11) is -3.91. The van der Waals surface area contributed by atoms with E-state index < -0.39 is 26.6 Å². The fourth-order valence-electron chi connectivity index (χ4n) is 2.35. The van der Waals surface area contributed by atoms with Gasteiger partial charge in [-0.2, -0.15) is 4.31 Å². The molecule has 2 N–H and O–H groups in total. The molecule has 0 unspecified atom stereocenters. The summed E-state index contributed by atoms with van der Waals surface area (Å²) in [6.07, 6.45) is 1.33. The lowest BCUT2D eigenvalue weighted by Gasteiger charge is -2.30. The lowest BCUT2D eigenvalue weighted by Crippen LogP contribution is -2.40. The van der Waals surface area contributed by atoms with Gasteiger partial charge in [-0.1, -0.05) is 0 Å². The maximum absolute atomic E-state index is 13.8. The van der Waals surface area contributed by atoms with Crippen LogP contribution in [0.15, 0.2) is 17.0 Å². The van der Waals surface area contributed by atoms with Crippen molar-refractivity contribution in [2.24, 2.45) is 11.7 Å². The van der Waals surface area contributed by atoms with Crippen LogP contribution >= 0.6 is 12.4 Å². The standard InChI is InChI=1S/C13H18F2N2O2S.ClH/c1-9-6-13(12(15)7-11(9)14)20(18,19)17-4-2-10(8-16)3-5-17;/h6-7,10H,2-5,8,16H2,1H3;1H. The molecule has 0 radical (unpaired) electrons. The fraction of sp³-hybridized carbons (Fsp3) is 0.538. The molecule has 0 aromatic heterocycles. The molecule has 0 amide bonds. The van der Waals surface area contributed by atoms with Gasteiger partial charge < -0.3 is 5.73 Å². The lowest BCUT2D eigenvalue weighted by molar-refractivity contribution is 0.277. The van der Waals surface area contributed by atoms with Crippen molar-refractivity contribution in [1.82, 2.24) is 4.31 Å². The van der Waals surface area contributed by atoms with Crippen molar-refractivity contribution in [3.05, 3.63) is 29.3 Å². The second kappa shape index (κ2) is 7.00. The van der Waals surface area contributed by atoms with Gasteiger partial charge >= 0.3 is 0 Å². The van der Waals surface area contributed by atoms with Crippen molar-refractivity contribution >= 4 is 22.4 Å². The van der Waals surface area contributed by atoms with Gasteiger partial charge in [0, 0.05) is 19.2 Å². The Labute approximate surface area is 129 Å². The van der Waals surface area contributed by atoms with E-state index in [1.807, 2.05) is 0 Å². The zero-order valence-electron chi connectivity index (χ0n) is 11.7. The number of aryl methyl sites for hydroxylation is 1. The van der Waals surface area contributed by atoms with E-state index in [4.69, 9.17) is 5.73 Å². The zero-order chi connectivity index (χ0) is 14.9. The first-order chi connectivity index (χ1) is 9.36. The number of sulfonamides is 1. The first kappa shape index (κ1) is 18.3. The topological polar surface area (TPSA) is 63.4 Å². The molecule has 1 saturated heterocycles. The van der Waals surface area contributed by atoms with Crippen molar-refractivity contribution in [3.63, 3.8) is 0 Å². The van der Waals surface area contributed by atoms with E-state index in [-0.39, 0.29) is 18.0 Å². The number of halogens is 3. The lowest BCUT2D eigenvalue weighted by atomic mass is 9.99. The molecular weight excluding hydrogens is 322 g/mol. The smallest absolute Gasteiger partial charge is 0.245 e. The molecule has 1 aromatic carbocycles. The van der Waals surface area contributed by atoms with Crippen molar-refractivity contribution < 1.29 is 17.2 Å². The Morgan fingerprint density at radius 3 is 2.33 bits per heavy atom. The summed E-state index contributed by atoms with van der Waals surface area (Å²) >= 11 is 0. The Balaban J connectivity index is 0.00000220. The number of hydrogen-bond donors (Lipinski definition) is 1. The van der Waals surface area contributed by atoms with Crippen LogP contribution in [-0.2, 0) is 10.0 Å². The van der Waals surface area contributed by atoms with Gasteiger partial charge in [0.1, 0.15) is 16.5 Å². The molecule has 1 aliphatic heterocycles. The maximum atomic E-state index is 13.8. The maximum Gasteiger partial charge on any atom is 0.245 e. The highest BCUT2D eigenvalue weighted by Crippen LogP contribution is 2.26. The third-order valence-corrected chi connectivity index (χ3v) is 5.65. The summed E-state index contributed by atoms with van der Waals surface area (Å²) in [5.41, 5.74) is 5.67. The number of rotatable bonds is 3. The SMILES string of the molecule is Cc1cc(S(=O)(=O)N2CCC(CN)CC2)c(F)cc1F.Cl. The Bertz CT molecular complexity index is 602. The highest BCUT2D eigenvalue weighted by Gasteiger charge is 2.31. The van der Waals surface area contributed by atoms with Crippen LogP contribution in [0.5, 0.6) is 0 Å². The largest absolute Gasteiger partial charge is 0.330 e. The molecule has 1 aliphatic rings. The highest BCUT2D eigenvalue weighted by atomic mass is 35.5. The second-order valence-corrected chi connectivity index (χ2v) is 7.02. The van der Waals surface area contributed by atoms with Crippen molar-refractivity contribution in [1.29, 1.82) is 0 Å². The Morgan fingerprint density at radius 2 is 1.81 bits per heavy atom. The van der Waals surface area contributed by atoms with E-state index in [1.54, 1.807) is 0 Å². The molecule has 4 nitrogen and oxygen atoms in total. The molecule has 0 spiro atoms. The molecule has 0 aliphatic carbocycles. The zero-order valence-corrected chi connectivity index (χ0v) is 13.3. The van der Waals surface area contributed by atoms with Crippen LogP contribution in [0.25, 0.3) is 0 Å². The summed E-state index contributed by atoms with van der Waals surface area (Å²) in [6, 6.07) is 1.67. The monoisotopic (exact) mass is 340 g/mol. The molecule has 120 valence electrons. The minimum atomic E-state index is -3.91. The minimum absolute atomic E-state index is 0. The van der Waals surface area contributed by atoms with E-state index in [0.717, 1.165) is 6.07 Å². The Morgan fingerprint density at radius 1 is 1.24 bits per heavy atom. The predicted octanol–water partition coefficient (Wildman–Crippen LogP) is 2.05. The average molecular weight is 341 g/mol. The number of nitrogens with two attached hydrogens (primary N) is 1. The molecule has 0 bridgehead atoms. The third-order valence-electron chi connectivity index (χ3n) is 3.74. The van der Waals surface area contributed by atoms with Crippen LogP contribution in [0.3, 0.4) is 0 Å². The molecule has 1 aromatic rings. The predicted molar refractivity (Wildman–Crippen MR) is 78.9 cm³/mol. The first-order valence-corrected chi connectivity index (χ1v) is 7.96. The van der Waals surface area contributed by atoms with Crippen molar-refractivity contribution in [3.8, 4) is 0 Å². The quantitative estimate of drug-likeness (QED) is 0.916.